The normalized spacial score (nSPS) is 11.5. The summed E-state index contributed by atoms with van der Waals surface area (Å²) < 4.78 is 30.9. The zero-order valence-electron chi connectivity index (χ0n) is 12.0. The number of anilines is 2. The Hall–Kier alpha value is -1.31. The zero-order valence-corrected chi connectivity index (χ0v) is 12.8. The van der Waals surface area contributed by atoms with Gasteiger partial charge in [0.1, 0.15) is 0 Å². The summed E-state index contributed by atoms with van der Waals surface area (Å²) in [5.74, 6) is 0. The highest BCUT2D eigenvalue weighted by Crippen LogP contribution is 2.22. The number of sulfonamides is 1. The van der Waals surface area contributed by atoms with Crippen molar-refractivity contribution in [3.8, 4) is 0 Å². The number of unbranched alkanes of at least 4 members (excludes halogenated alkanes) is 1. The van der Waals surface area contributed by atoms with Crippen LogP contribution in [0.3, 0.4) is 0 Å². The van der Waals surface area contributed by atoms with E-state index < -0.39 is 10.0 Å². The number of hydrogen-bond acceptors (Lipinski definition) is 5. The van der Waals surface area contributed by atoms with Crippen molar-refractivity contribution >= 4 is 21.4 Å². The van der Waals surface area contributed by atoms with E-state index in [2.05, 4.69) is 17.0 Å². The quantitative estimate of drug-likeness (QED) is 0.473. The Bertz CT molecular complexity index is 518. The molecule has 0 radical (unpaired) electrons. The van der Waals surface area contributed by atoms with E-state index in [-0.39, 0.29) is 4.90 Å². The van der Waals surface area contributed by atoms with Crippen molar-refractivity contribution in [3.63, 3.8) is 0 Å². The minimum atomic E-state index is -3.46. The molecule has 6 nitrogen and oxygen atoms in total. The van der Waals surface area contributed by atoms with E-state index in [1.807, 2.05) is 0 Å². The predicted octanol–water partition coefficient (Wildman–Crippen LogP) is 1.41. The highest BCUT2D eigenvalue weighted by Gasteiger charge is 2.12. The second-order valence-electron chi connectivity index (χ2n) is 4.35. The summed E-state index contributed by atoms with van der Waals surface area (Å²) in [4.78, 5) is 0.155. The average Bonchev–Trinajstić information content (AvgIpc) is 2.44. The molecule has 0 aliphatic rings. The van der Waals surface area contributed by atoms with E-state index in [0.29, 0.717) is 24.5 Å². The van der Waals surface area contributed by atoms with Crippen LogP contribution in [-0.4, -0.2) is 35.2 Å². The molecule has 0 unspecified atom stereocenters. The van der Waals surface area contributed by atoms with Gasteiger partial charge in [-0.25, -0.2) is 13.1 Å². The van der Waals surface area contributed by atoms with Crippen molar-refractivity contribution in [1.29, 1.82) is 0 Å². The molecule has 0 bridgehead atoms. The van der Waals surface area contributed by atoms with Gasteiger partial charge in [0.15, 0.2) is 0 Å². The van der Waals surface area contributed by atoms with Crippen molar-refractivity contribution in [2.45, 2.75) is 24.7 Å². The van der Waals surface area contributed by atoms with Gasteiger partial charge in [0.05, 0.1) is 22.9 Å². The van der Waals surface area contributed by atoms with Crippen molar-refractivity contribution in [2.24, 2.45) is 0 Å². The molecule has 0 saturated carbocycles. The highest BCUT2D eigenvalue weighted by molar-refractivity contribution is 7.89. The van der Waals surface area contributed by atoms with Crippen molar-refractivity contribution in [2.75, 3.05) is 37.9 Å². The summed E-state index contributed by atoms with van der Waals surface area (Å²) in [5, 5.41) is 3.12. The first-order valence-electron chi connectivity index (χ1n) is 6.66. The maximum atomic E-state index is 11.6. The van der Waals surface area contributed by atoms with Gasteiger partial charge in [-0.2, -0.15) is 0 Å². The minimum Gasteiger partial charge on any atom is -0.397 e. The molecule has 0 amide bonds. The lowest BCUT2D eigenvalue weighted by Crippen LogP contribution is -2.19. The fourth-order valence-corrected chi connectivity index (χ4v) is 2.36. The fraction of sp³-hybridized carbons (Fsp3) is 0.538. The van der Waals surface area contributed by atoms with Crippen molar-refractivity contribution < 1.29 is 13.2 Å². The Labute approximate surface area is 120 Å². The molecular formula is C13H23N3O3S. The van der Waals surface area contributed by atoms with Crippen LogP contribution in [0.25, 0.3) is 0 Å². The number of benzene rings is 1. The lowest BCUT2D eigenvalue weighted by atomic mass is 10.2. The molecular weight excluding hydrogens is 278 g/mol. The summed E-state index contributed by atoms with van der Waals surface area (Å²) in [7, 11) is -2.09. The van der Waals surface area contributed by atoms with Crippen LogP contribution in [-0.2, 0) is 14.8 Å². The molecule has 0 heterocycles. The summed E-state index contributed by atoms with van der Waals surface area (Å²) in [6, 6.07) is 4.61. The molecule has 0 aliphatic heterocycles. The molecule has 7 heteroatoms. The SMILES string of the molecule is CCCCOCCNc1ccc(S(=O)(=O)NC)cc1N. The first-order chi connectivity index (χ1) is 9.51. The van der Waals surface area contributed by atoms with Crippen molar-refractivity contribution in [3.05, 3.63) is 18.2 Å². The molecule has 20 heavy (non-hydrogen) atoms. The Balaban J connectivity index is 2.53. The molecule has 1 rings (SSSR count). The molecule has 0 saturated heterocycles. The standard InChI is InChI=1S/C13H23N3O3S/c1-3-4-8-19-9-7-16-13-6-5-11(10-12(13)14)20(17,18)15-2/h5-6,10,15-16H,3-4,7-9,14H2,1-2H3. The zero-order chi connectivity index (χ0) is 15.0. The molecule has 0 aliphatic carbocycles. The lowest BCUT2D eigenvalue weighted by Gasteiger charge is -2.11. The Morgan fingerprint density at radius 1 is 1.30 bits per heavy atom. The first-order valence-corrected chi connectivity index (χ1v) is 8.14. The Kier molecular flexibility index (Phi) is 6.77. The predicted molar refractivity (Wildman–Crippen MR) is 81.3 cm³/mol. The number of nitrogen functional groups attached to an aromatic ring is 1. The average molecular weight is 301 g/mol. The van der Waals surface area contributed by atoms with Gasteiger partial charge < -0.3 is 15.8 Å². The summed E-state index contributed by atoms with van der Waals surface area (Å²) >= 11 is 0. The van der Waals surface area contributed by atoms with Gasteiger partial charge in [-0.3, -0.25) is 0 Å². The van der Waals surface area contributed by atoms with Crippen LogP contribution in [0.5, 0.6) is 0 Å². The van der Waals surface area contributed by atoms with Gasteiger partial charge in [0.2, 0.25) is 10.0 Å². The monoisotopic (exact) mass is 301 g/mol. The van der Waals surface area contributed by atoms with Crippen LogP contribution in [0.4, 0.5) is 11.4 Å². The topological polar surface area (TPSA) is 93.4 Å². The molecule has 0 fully saturated rings. The number of nitrogens with two attached hydrogens (primary N) is 1. The third-order valence-electron chi connectivity index (χ3n) is 2.81. The largest absolute Gasteiger partial charge is 0.397 e. The number of rotatable bonds is 9. The van der Waals surface area contributed by atoms with E-state index in [1.54, 1.807) is 6.07 Å². The molecule has 114 valence electrons. The summed E-state index contributed by atoms with van der Waals surface area (Å²) in [6.07, 6.45) is 2.17. The first kappa shape index (κ1) is 16.7. The van der Waals surface area contributed by atoms with Crippen LogP contribution in [0.15, 0.2) is 23.1 Å². The van der Waals surface area contributed by atoms with E-state index in [9.17, 15) is 8.42 Å². The summed E-state index contributed by atoms with van der Waals surface area (Å²) in [5.41, 5.74) is 6.95. The van der Waals surface area contributed by atoms with E-state index in [1.165, 1.54) is 19.2 Å². The smallest absolute Gasteiger partial charge is 0.240 e. The Morgan fingerprint density at radius 2 is 2.05 bits per heavy atom. The number of ether oxygens (including phenoxy) is 1. The third kappa shape index (κ3) is 4.99. The van der Waals surface area contributed by atoms with Crippen LogP contribution < -0.4 is 15.8 Å². The van der Waals surface area contributed by atoms with E-state index in [0.717, 1.165) is 19.4 Å². The second-order valence-corrected chi connectivity index (χ2v) is 6.24. The summed E-state index contributed by atoms with van der Waals surface area (Å²) in [6.45, 7) is 4.10. The third-order valence-corrected chi connectivity index (χ3v) is 4.22. The molecule has 0 spiro atoms. The molecule has 0 atom stereocenters. The van der Waals surface area contributed by atoms with Gasteiger partial charge in [0.25, 0.3) is 0 Å². The molecule has 4 N–H and O–H groups in total. The maximum absolute atomic E-state index is 11.6. The van der Waals surface area contributed by atoms with Gasteiger partial charge in [-0.05, 0) is 31.7 Å². The lowest BCUT2D eigenvalue weighted by molar-refractivity contribution is 0.141. The minimum absolute atomic E-state index is 0.155. The van der Waals surface area contributed by atoms with E-state index >= 15 is 0 Å². The molecule has 0 aromatic heterocycles. The van der Waals surface area contributed by atoms with Gasteiger partial charge >= 0.3 is 0 Å². The van der Waals surface area contributed by atoms with Crippen LogP contribution in [0, 0.1) is 0 Å². The van der Waals surface area contributed by atoms with Gasteiger partial charge in [-0.1, -0.05) is 13.3 Å². The van der Waals surface area contributed by atoms with Crippen LogP contribution >= 0.6 is 0 Å². The molecule has 1 aromatic carbocycles. The number of nitrogens with one attached hydrogen (secondary N) is 2. The van der Waals surface area contributed by atoms with Crippen molar-refractivity contribution in [1.82, 2.24) is 4.72 Å². The van der Waals surface area contributed by atoms with Gasteiger partial charge in [-0.15, -0.1) is 0 Å². The highest BCUT2D eigenvalue weighted by atomic mass is 32.2. The van der Waals surface area contributed by atoms with Gasteiger partial charge in [0, 0.05) is 13.2 Å². The second kappa shape index (κ2) is 8.08. The maximum Gasteiger partial charge on any atom is 0.240 e. The van der Waals surface area contributed by atoms with Crippen LogP contribution in [0.1, 0.15) is 19.8 Å². The molecule has 1 aromatic rings. The Morgan fingerprint density at radius 3 is 2.65 bits per heavy atom. The van der Waals surface area contributed by atoms with E-state index in [4.69, 9.17) is 10.5 Å². The number of hydrogen-bond donors (Lipinski definition) is 3. The van der Waals surface area contributed by atoms with Crippen LogP contribution in [0.2, 0.25) is 0 Å². The fourth-order valence-electron chi connectivity index (χ4n) is 1.59.